The van der Waals surface area contributed by atoms with Crippen LogP contribution in [0.25, 0.3) is 0 Å². The molecule has 1 fully saturated rings. The molecule has 1 heterocycles. The van der Waals surface area contributed by atoms with Gasteiger partial charge in [0.2, 0.25) is 0 Å². The first-order valence-corrected chi connectivity index (χ1v) is 6.13. The van der Waals surface area contributed by atoms with Gasteiger partial charge in [0, 0.05) is 0 Å². The molecule has 1 nitrogen and oxygen atoms in total. The van der Waals surface area contributed by atoms with Crippen LogP contribution < -0.4 is 5.32 Å². The summed E-state index contributed by atoms with van der Waals surface area (Å²) in [5.41, 5.74) is 0. The lowest BCUT2D eigenvalue weighted by Gasteiger charge is -2.26. The van der Waals surface area contributed by atoms with Gasteiger partial charge in [0.15, 0.2) is 0 Å². The predicted octanol–water partition coefficient (Wildman–Crippen LogP) is 2.23. The Labute approximate surface area is 80.7 Å². The Hall–Kier alpha value is 0.310. The minimum atomic E-state index is 0.834. The van der Waals surface area contributed by atoms with Crippen molar-refractivity contribution in [3.63, 3.8) is 0 Å². The molecular weight excluding hydrogens is 166 g/mol. The first-order chi connectivity index (χ1) is 5.75. The third-order valence-corrected chi connectivity index (χ3v) is 4.05. The van der Waals surface area contributed by atoms with Crippen LogP contribution in [0.2, 0.25) is 0 Å². The fraction of sp³-hybridized carbons (Fsp3) is 1.00. The highest BCUT2D eigenvalue weighted by molar-refractivity contribution is 7.99. The lowest BCUT2D eigenvalue weighted by molar-refractivity contribution is 0.270. The first kappa shape index (κ1) is 10.4. The van der Waals surface area contributed by atoms with E-state index in [1.165, 1.54) is 24.5 Å². The van der Waals surface area contributed by atoms with Gasteiger partial charge in [-0.1, -0.05) is 13.8 Å². The molecule has 72 valence electrons. The fourth-order valence-corrected chi connectivity index (χ4v) is 3.43. The summed E-state index contributed by atoms with van der Waals surface area (Å²) in [5.74, 6) is 5.48. The molecule has 0 aliphatic carbocycles. The topological polar surface area (TPSA) is 12.0 Å². The van der Waals surface area contributed by atoms with E-state index in [1.54, 1.807) is 0 Å². The molecule has 1 aliphatic heterocycles. The zero-order valence-corrected chi connectivity index (χ0v) is 9.29. The smallest absolute Gasteiger partial charge is 0.00181 e. The molecule has 1 rings (SSSR count). The molecule has 1 aliphatic rings. The SMILES string of the molecule is CNCC(C(C)C)C1CCSC1. The van der Waals surface area contributed by atoms with E-state index in [-0.39, 0.29) is 0 Å². The van der Waals surface area contributed by atoms with Gasteiger partial charge in [0.05, 0.1) is 0 Å². The Kier molecular flexibility index (Phi) is 4.44. The monoisotopic (exact) mass is 187 g/mol. The Bertz CT molecular complexity index is 119. The summed E-state index contributed by atoms with van der Waals surface area (Å²) in [6, 6.07) is 0. The lowest BCUT2D eigenvalue weighted by Crippen LogP contribution is -2.30. The largest absolute Gasteiger partial charge is 0.319 e. The van der Waals surface area contributed by atoms with Crippen molar-refractivity contribution in [1.29, 1.82) is 0 Å². The summed E-state index contributed by atoms with van der Waals surface area (Å²) >= 11 is 2.13. The van der Waals surface area contributed by atoms with Gasteiger partial charge in [-0.2, -0.15) is 11.8 Å². The minimum absolute atomic E-state index is 0.834. The van der Waals surface area contributed by atoms with Gasteiger partial charge in [0.1, 0.15) is 0 Å². The molecule has 0 amide bonds. The van der Waals surface area contributed by atoms with Crippen molar-refractivity contribution < 1.29 is 0 Å². The van der Waals surface area contributed by atoms with Crippen LogP contribution >= 0.6 is 11.8 Å². The summed E-state index contributed by atoms with van der Waals surface area (Å²) in [5, 5.41) is 3.32. The van der Waals surface area contributed by atoms with Crippen molar-refractivity contribution in [2.24, 2.45) is 17.8 Å². The van der Waals surface area contributed by atoms with Crippen molar-refractivity contribution in [2.45, 2.75) is 20.3 Å². The minimum Gasteiger partial charge on any atom is -0.319 e. The Morgan fingerprint density at radius 2 is 2.25 bits per heavy atom. The summed E-state index contributed by atoms with van der Waals surface area (Å²) in [6.07, 6.45) is 1.44. The van der Waals surface area contributed by atoms with Crippen LogP contribution in [-0.4, -0.2) is 25.1 Å². The van der Waals surface area contributed by atoms with E-state index in [4.69, 9.17) is 0 Å². The molecule has 1 N–H and O–H groups in total. The van der Waals surface area contributed by atoms with E-state index < -0.39 is 0 Å². The molecule has 2 unspecified atom stereocenters. The molecule has 2 atom stereocenters. The van der Waals surface area contributed by atoms with Crippen LogP contribution in [0, 0.1) is 17.8 Å². The Morgan fingerprint density at radius 3 is 2.67 bits per heavy atom. The van der Waals surface area contributed by atoms with E-state index in [1.807, 2.05) is 0 Å². The maximum Gasteiger partial charge on any atom is -0.00181 e. The van der Waals surface area contributed by atoms with Crippen molar-refractivity contribution in [3.05, 3.63) is 0 Å². The van der Waals surface area contributed by atoms with Crippen LogP contribution in [0.15, 0.2) is 0 Å². The second-order valence-corrected chi connectivity index (χ2v) is 5.24. The van der Waals surface area contributed by atoms with Gasteiger partial charge < -0.3 is 5.32 Å². The van der Waals surface area contributed by atoms with E-state index in [2.05, 4.69) is 38.0 Å². The normalized spacial score (nSPS) is 26.5. The van der Waals surface area contributed by atoms with E-state index in [9.17, 15) is 0 Å². The van der Waals surface area contributed by atoms with Crippen molar-refractivity contribution in [3.8, 4) is 0 Å². The van der Waals surface area contributed by atoms with Crippen molar-refractivity contribution in [1.82, 2.24) is 5.32 Å². The van der Waals surface area contributed by atoms with Gasteiger partial charge in [-0.15, -0.1) is 0 Å². The Morgan fingerprint density at radius 1 is 1.50 bits per heavy atom. The quantitative estimate of drug-likeness (QED) is 0.724. The van der Waals surface area contributed by atoms with Gasteiger partial charge in [-0.25, -0.2) is 0 Å². The van der Waals surface area contributed by atoms with E-state index in [0.29, 0.717) is 0 Å². The maximum atomic E-state index is 3.32. The summed E-state index contributed by atoms with van der Waals surface area (Å²) in [7, 11) is 2.07. The zero-order valence-electron chi connectivity index (χ0n) is 8.47. The van der Waals surface area contributed by atoms with Gasteiger partial charge >= 0.3 is 0 Å². The lowest BCUT2D eigenvalue weighted by atomic mass is 9.83. The average Bonchev–Trinajstić information content (AvgIpc) is 2.51. The first-order valence-electron chi connectivity index (χ1n) is 4.98. The second-order valence-electron chi connectivity index (χ2n) is 4.09. The number of hydrogen-bond donors (Lipinski definition) is 1. The highest BCUT2D eigenvalue weighted by Crippen LogP contribution is 2.33. The van der Waals surface area contributed by atoms with Crippen LogP contribution in [0.1, 0.15) is 20.3 Å². The Balaban J connectivity index is 2.40. The standard InChI is InChI=1S/C10H21NS/c1-8(2)10(6-11-3)9-4-5-12-7-9/h8-11H,4-7H2,1-3H3. The molecule has 0 aromatic heterocycles. The highest BCUT2D eigenvalue weighted by Gasteiger charge is 2.26. The van der Waals surface area contributed by atoms with Gasteiger partial charge in [-0.3, -0.25) is 0 Å². The fourth-order valence-electron chi connectivity index (χ4n) is 2.07. The van der Waals surface area contributed by atoms with Gasteiger partial charge in [-0.05, 0) is 49.3 Å². The van der Waals surface area contributed by atoms with Crippen molar-refractivity contribution >= 4 is 11.8 Å². The summed E-state index contributed by atoms with van der Waals surface area (Å²) < 4.78 is 0. The maximum absolute atomic E-state index is 3.32. The molecule has 0 aromatic rings. The molecule has 0 aromatic carbocycles. The van der Waals surface area contributed by atoms with Gasteiger partial charge in [0.25, 0.3) is 0 Å². The summed E-state index contributed by atoms with van der Waals surface area (Å²) in [4.78, 5) is 0. The second kappa shape index (κ2) is 5.13. The van der Waals surface area contributed by atoms with E-state index in [0.717, 1.165) is 17.8 Å². The van der Waals surface area contributed by atoms with E-state index >= 15 is 0 Å². The molecule has 0 spiro atoms. The van der Waals surface area contributed by atoms with Crippen LogP contribution in [0.4, 0.5) is 0 Å². The molecule has 0 saturated carbocycles. The van der Waals surface area contributed by atoms with Crippen molar-refractivity contribution in [2.75, 3.05) is 25.1 Å². The third kappa shape index (κ3) is 2.67. The molecule has 2 heteroatoms. The highest BCUT2D eigenvalue weighted by atomic mass is 32.2. The molecular formula is C10H21NS. The number of hydrogen-bond acceptors (Lipinski definition) is 2. The van der Waals surface area contributed by atoms with Crippen LogP contribution in [-0.2, 0) is 0 Å². The summed E-state index contributed by atoms with van der Waals surface area (Å²) in [6.45, 7) is 5.90. The molecule has 1 saturated heterocycles. The number of thioether (sulfide) groups is 1. The number of rotatable bonds is 4. The number of nitrogens with one attached hydrogen (secondary N) is 1. The predicted molar refractivity (Wildman–Crippen MR) is 57.7 cm³/mol. The molecule has 0 radical (unpaired) electrons. The zero-order chi connectivity index (χ0) is 8.97. The average molecular weight is 187 g/mol. The molecule has 0 bridgehead atoms. The van der Waals surface area contributed by atoms with Crippen LogP contribution in [0.3, 0.4) is 0 Å². The van der Waals surface area contributed by atoms with Crippen LogP contribution in [0.5, 0.6) is 0 Å². The molecule has 12 heavy (non-hydrogen) atoms. The third-order valence-electron chi connectivity index (χ3n) is 2.87.